The topological polar surface area (TPSA) is 103 Å². The van der Waals surface area contributed by atoms with Gasteiger partial charge in [0.1, 0.15) is 0 Å². The van der Waals surface area contributed by atoms with E-state index in [-0.39, 0.29) is 17.2 Å². The normalized spacial score (nSPS) is 10.1. The van der Waals surface area contributed by atoms with Crippen molar-refractivity contribution < 1.29 is 24.0 Å². The van der Waals surface area contributed by atoms with Crippen molar-refractivity contribution >= 4 is 11.7 Å². The first kappa shape index (κ1) is 13.4. The zero-order valence-electron chi connectivity index (χ0n) is 9.82. The van der Waals surface area contributed by atoms with E-state index in [4.69, 9.17) is 9.84 Å². The molecule has 8 heteroatoms. The minimum absolute atomic E-state index is 0.0719. The summed E-state index contributed by atoms with van der Waals surface area (Å²) in [5.74, 6) is -2.54. The molecule has 0 unspecified atom stereocenters. The van der Waals surface area contributed by atoms with Crippen LogP contribution in [0.5, 0.6) is 11.6 Å². The molecule has 7 nitrogen and oxygen atoms in total. The summed E-state index contributed by atoms with van der Waals surface area (Å²) in [6.45, 7) is 0. The molecule has 1 N–H and O–H groups in total. The highest BCUT2D eigenvalue weighted by atomic mass is 19.1. The Morgan fingerprint density at radius 2 is 2.10 bits per heavy atom. The van der Waals surface area contributed by atoms with Crippen LogP contribution in [0.1, 0.15) is 10.4 Å². The molecule has 0 saturated carbocycles. The highest BCUT2D eigenvalue weighted by Crippen LogP contribution is 2.26. The molecule has 0 saturated heterocycles. The van der Waals surface area contributed by atoms with Crippen LogP contribution in [0.15, 0.2) is 36.5 Å². The Hall–Kier alpha value is -3.03. The van der Waals surface area contributed by atoms with Gasteiger partial charge in [0.25, 0.3) is 5.69 Å². The average molecular weight is 278 g/mol. The predicted molar refractivity (Wildman–Crippen MR) is 64.3 cm³/mol. The lowest BCUT2D eigenvalue weighted by molar-refractivity contribution is -0.385. The number of ether oxygens (including phenoxy) is 1. The van der Waals surface area contributed by atoms with Crippen LogP contribution in [0.3, 0.4) is 0 Å². The quantitative estimate of drug-likeness (QED) is 0.681. The summed E-state index contributed by atoms with van der Waals surface area (Å²) in [7, 11) is 0. The van der Waals surface area contributed by atoms with E-state index in [9.17, 15) is 19.3 Å². The molecular formula is C12H7FN2O5. The van der Waals surface area contributed by atoms with Gasteiger partial charge in [-0.25, -0.2) is 14.2 Å². The van der Waals surface area contributed by atoms with Crippen molar-refractivity contribution in [2.24, 2.45) is 0 Å². The lowest BCUT2D eigenvalue weighted by atomic mass is 10.2. The first-order chi connectivity index (χ1) is 9.47. The summed E-state index contributed by atoms with van der Waals surface area (Å²) in [5.41, 5.74) is -0.487. The van der Waals surface area contributed by atoms with Crippen molar-refractivity contribution in [2.75, 3.05) is 0 Å². The van der Waals surface area contributed by atoms with E-state index in [0.29, 0.717) is 6.07 Å². The summed E-state index contributed by atoms with van der Waals surface area (Å²) >= 11 is 0. The smallest absolute Gasteiger partial charge is 0.335 e. The van der Waals surface area contributed by atoms with Gasteiger partial charge in [-0.2, -0.15) is 0 Å². The molecule has 1 heterocycles. The number of carboxylic acid groups (broad SMARTS) is 1. The second kappa shape index (κ2) is 5.31. The van der Waals surface area contributed by atoms with Crippen LogP contribution < -0.4 is 4.74 Å². The lowest BCUT2D eigenvalue weighted by Gasteiger charge is -2.06. The van der Waals surface area contributed by atoms with Crippen LogP contribution in [-0.4, -0.2) is 21.0 Å². The molecule has 1 aromatic carbocycles. The Kier molecular flexibility index (Phi) is 3.56. The maximum absolute atomic E-state index is 13.6. The fourth-order valence-electron chi connectivity index (χ4n) is 1.40. The largest absolute Gasteiger partial charge is 0.478 e. The van der Waals surface area contributed by atoms with Crippen LogP contribution in [0, 0.1) is 15.9 Å². The number of hydrogen-bond donors (Lipinski definition) is 1. The van der Waals surface area contributed by atoms with Gasteiger partial charge in [0.05, 0.1) is 16.6 Å². The van der Waals surface area contributed by atoms with E-state index in [0.717, 1.165) is 18.2 Å². The van der Waals surface area contributed by atoms with Crippen LogP contribution in [0.25, 0.3) is 0 Å². The van der Waals surface area contributed by atoms with Crippen molar-refractivity contribution in [1.82, 2.24) is 4.98 Å². The number of nitro benzene ring substituents is 1. The molecule has 2 aromatic rings. The maximum Gasteiger partial charge on any atom is 0.335 e. The summed E-state index contributed by atoms with van der Waals surface area (Å²) in [6, 6.07) is 5.21. The van der Waals surface area contributed by atoms with Gasteiger partial charge in [0.2, 0.25) is 5.88 Å². The number of pyridine rings is 1. The molecule has 102 valence electrons. The molecule has 0 spiro atoms. The van der Waals surface area contributed by atoms with Crippen molar-refractivity contribution in [3.63, 3.8) is 0 Å². The number of aromatic carboxylic acids is 1. The molecule has 20 heavy (non-hydrogen) atoms. The van der Waals surface area contributed by atoms with Gasteiger partial charge in [0.15, 0.2) is 11.6 Å². The number of carbonyl (C=O) groups is 1. The van der Waals surface area contributed by atoms with Crippen molar-refractivity contribution in [3.8, 4) is 11.6 Å². The van der Waals surface area contributed by atoms with E-state index in [2.05, 4.69) is 4.98 Å². The molecule has 0 radical (unpaired) electrons. The number of nitrogens with zero attached hydrogens (tertiary/aromatic N) is 2. The first-order valence-electron chi connectivity index (χ1n) is 5.28. The molecule has 0 amide bonds. The Bertz CT molecular complexity index is 689. The monoisotopic (exact) mass is 278 g/mol. The second-order valence-electron chi connectivity index (χ2n) is 3.66. The van der Waals surface area contributed by atoms with Gasteiger partial charge < -0.3 is 9.84 Å². The van der Waals surface area contributed by atoms with Crippen molar-refractivity contribution in [1.29, 1.82) is 0 Å². The molecular weight excluding hydrogens is 271 g/mol. The van der Waals surface area contributed by atoms with Gasteiger partial charge in [-0.05, 0) is 12.1 Å². The fourth-order valence-corrected chi connectivity index (χ4v) is 1.40. The summed E-state index contributed by atoms with van der Waals surface area (Å²) in [6.07, 6.45) is 1.20. The third-order valence-corrected chi connectivity index (χ3v) is 2.32. The van der Waals surface area contributed by atoms with E-state index in [1.807, 2.05) is 0 Å². The molecule has 0 aliphatic rings. The lowest BCUT2D eigenvalue weighted by Crippen LogP contribution is -1.98. The van der Waals surface area contributed by atoms with Gasteiger partial charge in [-0.15, -0.1) is 0 Å². The zero-order valence-corrected chi connectivity index (χ0v) is 9.82. The standard InChI is InChI=1S/C12H7FN2O5/c13-9-6-8(15(18)19)1-2-10(9)20-11-5-7(12(16)17)3-4-14-11/h1-6H,(H,16,17). The number of hydrogen-bond acceptors (Lipinski definition) is 5. The van der Waals surface area contributed by atoms with E-state index < -0.39 is 22.4 Å². The van der Waals surface area contributed by atoms with E-state index in [1.165, 1.54) is 12.3 Å². The highest BCUT2D eigenvalue weighted by Gasteiger charge is 2.13. The average Bonchev–Trinajstić information content (AvgIpc) is 2.41. The zero-order chi connectivity index (χ0) is 14.7. The number of benzene rings is 1. The molecule has 0 fully saturated rings. The first-order valence-corrected chi connectivity index (χ1v) is 5.28. The maximum atomic E-state index is 13.6. The molecule has 2 rings (SSSR count). The molecule has 0 atom stereocenters. The number of non-ortho nitro benzene ring substituents is 1. The number of carboxylic acids is 1. The van der Waals surface area contributed by atoms with Crippen molar-refractivity contribution in [2.45, 2.75) is 0 Å². The SMILES string of the molecule is O=C(O)c1ccnc(Oc2ccc([N+](=O)[O-])cc2F)c1. The summed E-state index contributed by atoms with van der Waals surface area (Å²) in [4.78, 5) is 24.2. The van der Waals surface area contributed by atoms with Gasteiger partial charge >= 0.3 is 5.97 Å². The van der Waals surface area contributed by atoms with Gasteiger partial charge in [-0.1, -0.05) is 0 Å². The van der Waals surface area contributed by atoms with Crippen LogP contribution in [0.4, 0.5) is 10.1 Å². The summed E-state index contributed by atoms with van der Waals surface area (Å²) < 4.78 is 18.6. The van der Waals surface area contributed by atoms with Gasteiger partial charge in [0, 0.05) is 18.3 Å². The number of halogens is 1. The third-order valence-electron chi connectivity index (χ3n) is 2.32. The van der Waals surface area contributed by atoms with Gasteiger partial charge in [-0.3, -0.25) is 10.1 Å². The van der Waals surface area contributed by atoms with Crippen LogP contribution in [0.2, 0.25) is 0 Å². The number of rotatable bonds is 4. The molecule has 0 aliphatic carbocycles. The Morgan fingerprint density at radius 1 is 1.35 bits per heavy atom. The molecule has 1 aromatic heterocycles. The minimum atomic E-state index is -1.18. The van der Waals surface area contributed by atoms with Crippen molar-refractivity contribution in [3.05, 3.63) is 58.0 Å². The predicted octanol–water partition coefficient (Wildman–Crippen LogP) is 2.62. The van der Waals surface area contributed by atoms with E-state index >= 15 is 0 Å². The number of nitro groups is 1. The highest BCUT2D eigenvalue weighted by molar-refractivity contribution is 5.87. The number of aromatic nitrogens is 1. The molecule has 0 bridgehead atoms. The summed E-state index contributed by atoms with van der Waals surface area (Å²) in [5, 5.41) is 19.3. The van der Waals surface area contributed by atoms with Crippen LogP contribution in [-0.2, 0) is 0 Å². The fraction of sp³-hybridized carbons (Fsp3) is 0. The van der Waals surface area contributed by atoms with E-state index in [1.54, 1.807) is 0 Å². The Morgan fingerprint density at radius 3 is 2.70 bits per heavy atom. The Labute approximate surface area is 111 Å². The Balaban J connectivity index is 2.28. The van der Waals surface area contributed by atoms with Crippen LogP contribution >= 0.6 is 0 Å². The third kappa shape index (κ3) is 2.86. The molecule has 0 aliphatic heterocycles. The second-order valence-corrected chi connectivity index (χ2v) is 3.66. The minimum Gasteiger partial charge on any atom is -0.478 e.